The number of hydrogen-bond acceptors (Lipinski definition) is 5. The Bertz CT molecular complexity index is 455. The maximum absolute atomic E-state index is 12.4. The molecule has 5 nitrogen and oxygen atoms in total. The first-order valence-corrected chi connectivity index (χ1v) is 6.73. The number of nitrogens with zero attached hydrogens (tertiary/aromatic N) is 4. The molecule has 2 heterocycles. The van der Waals surface area contributed by atoms with E-state index in [4.69, 9.17) is 4.84 Å². The summed E-state index contributed by atoms with van der Waals surface area (Å²) in [5.74, 6) is 0.878. The van der Waals surface area contributed by atoms with Gasteiger partial charge in [-0.05, 0) is 25.2 Å². The highest BCUT2D eigenvalue weighted by Gasteiger charge is 2.31. The Labute approximate surface area is 120 Å². The van der Waals surface area contributed by atoms with E-state index < -0.39 is 11.7 Å². The molecule has 0 amide bonds. The van der Waals surface area contributed by atoms with Crippen LogP contribution in [0, 0.1) is 5.92 Å². The fourth-order valence-electron chi connectivity index (χ4n) is 2.34. The first-order chi connectivity index (χ1) is 10.0. The minimum absolute atomic E-state index is 0.352. The summed E-state index contributed by atoms with van der Waals surface area (Å²) in [6.45, 7) is 5.26. The molecule has 1 saturated heterocycles. The van der Waals surface area contributed by atoms with Gasteiger partial charge in [0.25, 0.3) is 0 Å². The SMILES string of the molecule is C=NOCCC1CCN(c2ncc(C(F)(F)F)cn2)CC1. The molecule has 0 aromatic carbocycles. The lowest BCUT2D eigenvalue weighted by Gasteiger charge is -2.31. The third-order valence-electron chi connectivity index (χ3n) is 3.57. The molecular formula is C13H17F3N4O. The van der Waals surface area contributed by atoms with Crippen molar-refractivity contribution in [1.29, 1.82) is 0 Å². The normalized spacial score (nSPS) is 16.8. The van der Waals surface area contributed by atoms with Gasteiger partial charge in [0.15, 0.2) is 0 Å². The quantitative estimate of drug-likeness (QED) is 0.477. The fourth-order valence-corrected chi connectivity index (χ4v) is 2.34. The van der Waals surface area contributed by atoms with Crippen LogP contribution in [-0.4, -0.2) is 36.4 Å². The highest BCUT2D eigenvalue weighted by atomic mass is 19.4. The average molecular weight is 302 g/mol. The van der Waals surface area contributed by atoms with Gasteiger partial charge in [-0.2, -0.15) is 13.2 Å². The van der Waals surface area contributed by atoms with E-state index >= 15 is 0 Å². The Morgan fingerprint density at radius 1 is 1.29 bits per heavy atom. The second-order valence-corrected chi connectivity index (χ2v) is 4.95. The van der Waals surface area contributed by atoms with Crippen LogP contribution in [0.25, 0.3) is 0 Å². The zero-order valence-electron chi connectivity index (χ0n) is 11.5. The number of anilines is 1. The van der Waals surface area contributed by atoms with Crippen LogP contribution in [0.5, 0.6) is 0 Å². The Balaban J connectivity index is 1.86. The van der Waals surface area contributed by atoms with Crippen molar-refractivity contribution in [3.63, 3.8) is 0 Å². The Hall–Kier alpha value is -1.86. The van der Waals surface area contributed by atoms with E-state index in [1.807, 2.05) is 4.90 Å². The van der Waals surface area contributed by atoms with E-state index in [0.717, 1.165) is 44.7 Å². The van der Waals surface area contributed by atoms with E-state index in [0.29, 0.717) is 18.5 Å². The lowest BCUT2D eigenvalue weighted by atomic mass is 9.94. The van der Waals surface area contributed by atoms with Crippen LogP contribution in [-0.2, 0) is 11.0 Å². The molecule has 1 fully saturated rings. The minimum Gasteiger partial charge on any atom is -0.396 e. The van der Waals surface area contributed by atoms with Crippen LogP contribution in [0.4, 0.5) is 19.1 Å². The molecule has 1 aromatic heterocycles. The van der Waals surface area contributed by atoms with Crippen LogP contribution in [0.3, 0.4) is 0 Å². The van der Waals surface area contributed by atoms with Crippen LogP contribution < -0.4 is 4.90 Å². The van der Waals surface area contributed by atoms with E-state index in [1.54, 1.807) is 0 Å². The molecule has 21 heavy (non-hydrogen) atoms. The topological polar surface area (TPSA) is 50.6 Å². The number of alkyl halides is 3. The third-order valence-corrected chi connectivity index (χ3v) is 3.57. The van der Waals surface area contributed by atoms with Gasteiger partial charge in [0.05, 0.1) is 5.56 Å². The molecule has 2 rings (SSSR count). The fraction of sp³-hybridized carbons (Fsp3) is 0.615. The second-order valence-electron chi connectivity index (χ2n) is 4.95. The molecule has 0 unspecified atom stereocenters. The monoisotopic (exact) mass is 302 g/mol. The molecule has 8 heteroatoms. The summed E-state index contributed by atoms with van der Waals surface area (Å²) >= 11 is 0. The predicted molar refractivity (Wildman–Crippen MR) is 72.1 cm³/mol. The largest absolute Gasteiger partial charge is 0.419 e. The molecular weight excluding hydrogens is 285 g/mol. The maximum atomic E-state index is 12.4. The number of oxime groups is 1. The smallest absolute Gasteiger partial charge is 0.396 e. The second kappa shape index (κ2) is 6.73. The van der Waals surface area contributed by atoms with Crippen molar-refractivity contribution in [1.82, 2.24) is 9.97 Å². The molecule has 0 saturated carbocycles. The zero-order chi connectivity index (χ0) is 15.3. The van der Waals surface area contributed by atoms with Gasteiger partial charge in [0.2, 0.25) is 5.95 Å². The van der Waals surface area contributed by atoms with Crippen molar-refractivity contribution in [2.24, 2.45) is 11.1 Å². The molecule has 0 spiro atoms. The van der Waals surface area contributed by atoms with Crippen LogP contribution in [0.2, 0.25) is 0 Å². The lowest BCUT2D eigenvalue weighted by Crippen LogP contribution is -2.35. The first kappa shape index (κ1) is 15.5. The molecule has 0 aliphatic carbocycles. The van der Waals surface area contributed by atoms with Crippen molar-refractivity contribution in [2.75, 3.05) is 24.6 Å². The number of halogens is 3. The molecule has 0 atom stereocenters. The van der Waals surface area contributed by atoms with Gasteiger partial charge in [-0.15, -0.1) is 5.16 Å². The van der Waals surface area contributed by atoms with Gasteiger partial charge in [0.1, 0.15) is 6.61 Å². The van der Waals surface area contributed by atoms with E-state index in [-0.39, 0.29) is 0 Å². The molecule has 1 aliphatic heterocycles. The van der Waals surface area contributed by atoms with Crippen LogP contribution >= 0.6 is 0 Å². The highest BCUT2D eigenvalue weighted by molar-refractivity contribution is 5.31. The van der Waals surface area contributed by atoms with Gasteiger partial charge in [-0.3, -0.25) is 0 Å². The summed E-state index contributed by atoms with van der Waals surface area (Å²) in [7, 11) is 0. The van der Waals surface area contributed by atoms with E-state index in [2.05, 4.69) is 21.8 Å². The van der Waals surface area contributed by atoms with Gasteiger partial charge >= 0.3 is 6.18 Å². The van der Waals surface area contributed by atoms with Crippen molar-refractivity contribution >= 4 is 12.7 Å². The van der Waals surface area contributed by atoms with Crippen molar-refractivity contribution in [3.05, 3.63) is 18.0 Å². The Morgan fingerprint density at radius 2 is 1.90 bits per heavy atom. The maximum Gasteiger partial charge on any atom is 0.419 e. The summed E-state index contributed by atoms with van der Waals surface area (Å²) in [5, 5.41) is 3.34. The molecule has 0 radical (unpaired) electrons. The molecule has 1 aromatic rings. The summed E-state index contributed by atoms with van der Waals surface area (Å²) in [6, 6.07) is 0. The molecule has 116 valence electrons. The standard InChI is InChI=1S/C13H17F3N4O/c1-17-21-7-4-10-2-5-20(6-3-10)12-18-8-11(9-19-12)13(14,15)16/h8-10H,1-7H2. The summed E-state index contributed by atoms with van der Waals surface area (Å²) in [6.07, 6.45) is 0.0389. The van der Waals surface area contributed by atoms with Crippen LogP contribution in [0.1, 0.15) is 24.8 Å². The summed E-state index contributed by atoms with van der Waals surface area (Å²) in [4.78, 5) is 14.4. The average Bonchev–Trinajstić information content (AvgIpc) is 2.48. The van der Waals surface area contributed by atoms with Gasteiger partial charge < -0.3 is 9.74 Å². The zero-order valence-corrected chi connectivity index (χ0v) is 11.5. The van der Waals surface area contributed by atoms with Gasteiger partial charge in [-0.1, -0.05) is 0 Å². The number of hydrogen-bond donors (Lipinski definition) is 0. The molecule has 0 bridgehead atoms. The number of aromatic nitrogens is 2. The first-order valence-electron chi connectivity index (χ1n) is 6.73. The highest BCUT2D eigenvalue weighted by Crippen LogP contribution is 2.29. The minimum atomic E-state index is -4.40. The molecule has 0 N–H and O–H groups in total. The van der Waals surface area contributed by atoms with Gasteiger partial charge in [0, 0.05) is 32.2 Å². The van der Waals surface area contributed by atoms with Crippen LogP contribution in [0.15, 0.2) is 17.5 Å². The van der Waals surface area contributed by atoms with Crippen molar-refractivity contribution in [2.45, 2.75) is 25.4 Å². The van der Waals surface area contributed by atoms with Gasteiger partial charge in [-0.25, -0.2) is 9.97 Å². The molecule has 1 aliphatic rings. The Morgan fingerprint density at radius 3 is 2.43 bits per heavy atom. The number of rotatable bonds is 5. The summed E-state index contributed by atoms with van der Waals surface area (Å²) < 4.78 is 37.3. The summed E-state index contributed by atoms with van der Waals surface area (Å²) in [5.41, 5.74) is -0.824. The Kier molecular flexibility index (Phi) is 4.98. The van der Waals surface area contributed by atoms with E-state index in [1.165, 1.54) is 0 Å². The van der Waals surface area contributed by atoms with E-state index in [9.17, 15) is 13.2 Å². The van der Waals surface area contributed by atoms with Crippen molar-refractivity contribution in [3.8, 4) is 0 Å². The predicted octanol–water partition coefficient (Wildman–Crippen LogP) is 2.73. The van der Waals surface area contributed by atoms with Crippen molar-refractivity contribution < 1.29 is 18.0 Å². The third kappa shape index (κ3) is 4.30. The lowest BCUT2D eigenvalue weighted by molar-refractivity contribution is -0.138. The number of piperidine rings is 1.